The van der Waals surface area contributed by atoms with Crippen molar-refractivity contribution in [3.05, 3.63) is 23.3 Å². The van der Waals surface area contributed by atoms with Crippen molar-refractivity contribution < 1.29 is 29.6 Å². The van der Waals surface area contributed by atoms with Gasteiger partial charge in [0.25, 0.3) is 0 Å². The summed E-state index contributed by atoms with van der Waals surface area (Å²) in [5, 5.41) is 29.3. The predicted molar refractivity (Wildman–Crippen MR) is 74.2 cm³/mol. The van der Waals surface area contributed by atoms with Gasteiger partial charge in [0.15, 0.2) is 22.9 Å². The molecule has 0 heterocycles. The van der Waals surface area contributed by atoms with Gasteiger partial charge >= 0.3 is 0 Å². The van der Waals surface area contributed by atoms with Gasteiger partial charge in [0.2, 0.25) is 0 Å². The van der Waals surface area contributed by atoms with Crippen molar-refractivity contribution in [2.75, 3.05) is 12.9 Å². The highest BCUT2D eigenvalue weighted by Gasteiger charge is 2.23. The van der Waals surface area contributed by atoms with Gasteiger partial charge in [-0.15, -0.1) is 0 Å². The smallest absolute Gasteiger partial charge is 0.185 e. The Bertz CT molecular complexity index is 502. The predicted octanol–water partition coefficient (Wildman–Crippen LogP) is 0.887. The Morgan fingerprint density at radius 1 is 1.45 bits per heavy atom. The van der Waals surface area contributed by atoms with Crippen molar-refractivity contribution in [3.63, 3.8) is 0 Å². The van der Waals surface area contributed by atoms with Crippen molar-refractivity contribution in [2.24, 2.45) is 0 Å². The molecular weight excluding hydrogens is 284 g/mol. The van der Waals surface area contributed by atoms with Crippen molar-refractivity contribution in [1.82, 2.24) is 0 Å². The highest BCUT2D eigenvalue weighted by Crippen LogP contribution is 2.33. The Kier molecular flexibility index (Phi) is 6.00. The topological polar surface area (TPSA) is 104 Å². The largest absolute Gasteiger partial charge is 0.504 e. The van der Waals surface area contributed by atoms with Crippen LogP contribution in [-0.4, -0.2) is 45.7 Å². The van der Waals surface area contributed by atoms with Gasteiger partial charge in [-0.05, 0) is 17.7 Å². The van der Waals surface area contributed by atoms with Gasteiger partial charge in [-0.1, -0.05) is 11.8 Å². The number of ether oxygens (including phenoxy) is 1. The molecule has 7 heteroatoms. The number of carbonyl (C=O) groups excluding carboxylic acids is 2. The van der Waals surface area contributed by atoms with Gasteiger partial charge < -0.3 is 20.1 Å². The third-order valence-corrected chi connectivity index (χ3v) is 3.57. The fraction of sp³-hybridized carbons (Fsp3) is 0.385. The number of aliphatic hydroxyl groups excluding tert-OH is 2. The van der Waals surface area contributed by atoms with E-state index in [2.05, 4.69) is 0 Å². The molecule has 0 aliphatic heterocycles. The van der Waals surface area contributed by atoms with Crippen LogP contribution in [-0.2, 0) is 4.79 Å². The zero-order valence-corrected chi connectivity index (χ0v) is 11.9. The average Bonchev–Trinajstić information content (AvgIpc) is 2.43. The molecule has 0 bridgehead atoms. The number of benzene rings is 1. The second-order valence-electron chi connectivity index (χ2n) is 4.09. The molecular formula is C13H16O6S. The van der Waals surface area contributed by atoms with E-state index >= 15 is 0 Å². The van der Waals surface area contributed by atoms with Crippen molar-refractivity contribution in [1.29, 1.82) is 0 Å². The molecule has 2 unspecified atom stereocenters. The number of hydrogen-bond donors (Lipinski definition) is 3. The van der Waals surface area contributed by atoms with Gasteiger partial charge in [0.05, 0.1) is 13.2 Å². The number of phenolic OH excluding ortho intramolecular Hbond substituents is 1. The van der Waals surface area contributed by atoms with Crippen LogP contribution in [0.1, 0.15) is 28.9 Å². The standard InChI is InChI=1S/C13H16O6S/c1-7(15)20-6-11(17)13(18)9-4-12(19-2)10(16)3-8(9)5-14/h3-5,11,13,16-18H,6H2,1-2H3. The number of thioether (sulfide) groups is 1. The van der Waals surface area contributed by atoms with Gasteiger partial charge in [0.1, 0.15) is 6.10 Å². The lowest BCUT2D eigenvalue weighted by Gasteiger charge is -2.19. The summed E-state index contributed by atoms with van der Waals surface area (Å²) in [6.07, 6.45) is -2.13. The Labute approximate surface area is 120 Å². The highest BCUT2D eigenvalue weighted by molar-refractivity contribution is 8.13. The minimum atomic E-state index is -1.36. The van der Waals surface area contributed by atoms with Crippen LogP contribution >= 0.6 is 11.8 Å². The Balaban J connectivity index is 3.03. The van der Waals surface area contributed by atoms with Gasteiger partial charge in [-0.25, -0.2) is 0 Å². The van der Waals surface area contributed by atoms with Crippen LogP contribution in [0, 0.1) is 0 Å². The summed E-state index contributed by atoms with van der Waals surface area (Å²) in [6, 6.07) is 2.43. The molecule has 20 heavy (non-hydrogen) atoms. The van der Waals surface area contributed by atoms with Crippen LogP contribution in [0.25, 0.3) is 0 Å². The molecule has 0 saturated carbocycles. The monoisotopic (exact) mass is 300 g/mol. The average molecular weight is 300 g/mol. The van der Waals surface area contributed by atoms with E-state index < -0.39 is 12.2 Å². The van der Waals surface area contributed by atoms with Crippen LogP contribution in [0.15, 0.2) is 12.1 Å². The van der Waals surface area contributed by atoms with Gasteiger partial charge in [-0.3, -0.25) is 9.59 Å². The first-order valence-electron chi connectivity index (χ1n) is 5.76. The van der Waals surface area contributed by atoms with E-state index in [4.69, 9.17) is 4.74 Å². The van der Waals surface area contributed by atoms with Crippen LogP contribution < -0.4 is 4.74 Å². The van der Waals surface area contributed by atoms with E-state index in [1.807, 2.05) is 0 Å². The molecule has 6 nitrogen and oxygen atoms in total. The molecule has 0 aliphatic rings. The number of methoxy groups -OCH3 is 1. The summed E-state index contributed by atoms with van der Waals surface area (Å²) in [5.74, 6) is -0.160. The summed E-state index contributed by atoms with van der Waals surface area (Å²) in [7, 11) is 1.33. The summed E-state index contributed by atoms with van der Waals surface area (Å²) in [5.41, 5.74) is 0.175. The highest BCUT2D eigenvalue weighted by atomic mass is 32.2. The van der Waals surface area contributed by atoms with Crippen molar-refractivity contribution in [2.45, 2.75) is 19.1 Å². The van der Waals surface area contributed by atoms with E-state index in [0.29, 0.717) is 6.29 Å². The first-order valence-corrected chi connectivity index (χ1v) is 6.74. The van der Waals surface area contributed by atoms with Crippen LogP contribution in [0.5, 0.6) is 11.5 Å². The summed E-state index contributed by atoms with van der Waals surface area (Å²) >= 11 is 0.871. The molecule has 1 aromatic rings. The van der Waals surface area contributed by atoms with Gasteiger partial charge in [-0.2, -0.15) is 0 Å². The molecule has 0 spiro atoms. The molecule has 0 fully saturated rings. The maximum Gasteiger partial charge on any atom is 0.185 e. The molecule has 1 aromatic carbocycles. The fourth-order valence-corrected chi connectivity index (χ4v) is 2.21. The third kappa shape index (κ3) is 3.96. The fourth-order valence-electron chi connectivity index (χ4n) is 1.62. The number of aldehydes is 1. The first-order chi connectivity index (χ1) is 9.40. The first kappa shape index (κ1) is 16.5. The molecule has 0 radical (unpaired) electrons. The maximum absolute atomic E-state index is 11.0. The summed E-state index contributed by atoms with van der Waals surface area (Å²) in [6.45, 7) is 1.35. The summed E-state index contributed by atoms with van der Waals surface area (Å²) in [4.78, 5) is 21.8. The minimum Gasteiger partial charge on any atom is -0.504 e. The van der Waals surface area contributed by atoms with E-state index in [1.165, 1.54) is 20.1 Å². The molecule has 0 saturated heterocycles. The number of aromatic hydroxyl groups is 1. The number of phenols is 1. The van der Waals surface area contributed by atoms with Gasteiger partial charge in [0, 0.05) is 18.2 Å². The second kappa shape index (κ2) is 7.28. The number of hydrogen-bond acceptors (Lipinski definition) is 7. The zero-order valence-electron chi connectivity index (χ0n) is 11.1. The number of rotatable bonds is 6. The zero-order chi connectivity index (χ0) is 15.3. The quantitative estimate of drug-likeness (QED) is 0.670. The molecule has 0 aromatic heterocycles. The lowest BCUT2D eigenvalue weighted by atomic mass is 9.99. The van der Waals surface area contributed by atoms with E-state index in [-0.39, 0.29) is 33.5 Å². The van der Waals surface area contributed by atoms with Crippen LogP contribution in [0.4, 0.5) is 0 Å². The third-order valence-electron chi connectivity index (χ3n) is 2.65. The normalized spacial score (nSPS) is 13.6. The summed E-state index contributed by atoms with van der Waals surface area (Å²) < 4.78 is 4.90. The Morgan fingerprint density at radius 2 is 2.10 bits per heavy atom. The molecule has 0 aliphatic carbocycles. The Hall–Kier alpha value is -1.57. The second-order valence-corrected chi connectivity index (χ2v) is 5.28. The molecule has 3 N–H and O–H groups in total. The molecule has 0 amide bonds. The van der Waals surface area contributed by atoms with Crippen molar-refractivity contribution >= 4 is 23.2 Å². The SMILES string of the molecule is COc1cc(C(O)C(O)CSC(C)=O)c(C=O)cc1O. The van der Waals surface area contributed by atoms with Crippen LogP contribution in [0.2, 0.25) is 0 Å². The van der Waals surface area contributed by atoms with Crippen molar-refractivity contribution in [3.8, 4) is 11.5 Å². The molecule has 2 atom stereocenters. The lowest BCUT2D eigenvalue weighted by Crippen LogP contribution is -2.22. The van der Waals surface area contributed by atoms with E-state index in [9.17, 15) is 24.9 Å². The lowest BCUT2D eigenvalue weighted by molar-refractivity contribution is -0.109. The number of carbonyl (C=O) groups is 2. The molecule has 1 rings (SSSR count). The van der Waals surface area contributed by atoms with E-state index in [0.717, 1.165) is 17.8 Å². The Morgan fingerprint density at radius 3 is 2.60 bits per heavy atom. The molecule has 110 valence electrons. The van der Waals surface area contributed by atoms with E-state index in [1.54, 1.807) is 0 Å². The number of aliphatic hydroxyl groups is 2. The maximum atomic E-state index is 11.0. The van der Waals surface area contributed by atoms with Crippen LogP contribution in [0.3, 0.4) is 0 Å². The minimum absolute atomic E-state index is 0.00199.